The SMILES string of the molecule is C[C@@]12CC[C@](CCOc3ccc(C(F)(F)F)cc3)(O1)C1C(=O)N(c3ccc(C#N)c4ccccc34)C(=O)[C@H]12. The highest BCUT2D eigenvalue weighted by atomic mass is 19.4. The molecule has 3 aromatic carbocycles. The lowest BCUT2D eigenvalue weighted by molar-refractivity contribution is -0.137. The fourth-order valence-electron chi connectivity index (χ4n) is 6.51. The lowest BCUT2D eigenvalue weighted by atomic mass is 9.67. The van der Waals surface area contributed by atoms with E-state index >= 15 is 0 Å². The fourth-order valence-corrected chi connectivity index (χ4v) is 6.51. The Kier molecular flexibility index (Phi) is 5.34. The monoisotopic (exact) mass is 520 g/mol. The summed E-state index contributed by atoms with van der Waals surface area (Å²) in [5.74, 6) is -1.72. The van der Waals surface area contributed by atoms with Gasteiger partial charge in [-0.15, -0.1) is 0 Å². The summed E-state index contributed by atoms with van der Waals surface area (Å²) in [5, 5.41) is 10.8. The van der Waals surface area contributed by atoms with Crippen LogP contribution in [0.2, 0.25) is 0 Å². The first-order chi connectivity index (χ1) is 18.1. The molecule has 3 aliphatic heterocycles. The first kappa shape index (κ1) is 24.4. The summed E-state index contributed by atoms with van der Waals surface area (Å²) in [7, 11) is 0. The van der Waals surface area contributed by atoms with E-state index in [4.69, 9.17) is 9.47 Å². The predicted molar refractivity (Wildman–Crippen MR) is 131 cm³/mol. The third-order valence-electron chi connectivity index (χ3n) is 8.25. The standard InChI is InChI=1S/C29H23F3N2O4/c1-27-12-13-28(38-27,14-15-37-19-9-7-18(8-10-19)29(30,31)32)24-23(27)25(35)34(26(24)36)22-11-6-17(16-33)20-4-2-3-5-21(20)22/h2-11,23-24H,12-15H2,1H3/t23-,24?,27-,28+/m0/s1. The molecule has 0 radical (unpaired) electrons. The highest BCUT2D eigenvalue weighted by Gasteiger charge is 2.73. The number of alkyl halides is 3. The van der Waals surface area contributed by atoms with Crippen molar-refractivity contribution in [3.05, 3.63) is 71.8 Å². The van der Waals surface area contributed by atoms with E-state index in [1.165, 1.54) is 17.0 Å². The second-order valence-corrected chi connectivity index (χ2v) is 10.4. The predicted octanol–water partition coefficient (Wildman–Crippen LogP) is 5.63. The van der Waals surface area contributed by atoms with E-state index in [2.05, 4.69) is 6.07 Å². The molecule has 1 unspecified atom stereocenters. The third kappa shape index (κ3) is 3.51. The number of benzene rings is 3. The van der Waals surface area contributed by atoms with Crippen LogP contribution in [0.15, 0.2) is 60.7 Å². The molecule has 6 nitrogen and oxygen atoms in total. The first-order valence-corrected chi connectivity index (χ1v) is 12.4. The van der Waals surface area contributed by atoms with Crippen LogP contribution in [0.25, 0.3) is 10.8 Å². The van der Waals surface area contributed by atoms with Gasteiger partial charge in [0.15, 0.2) is 0 Å². The Balaban J connectivity index is 1.28. The van der Waals surface area contributed by atoms with E-state index in [-0.39, 0.29) is 24.2 Å². The van der Waals surface area contributed by atoms with Gasteiger partial charge in [0.2, 0.25) is 11.8 Å². The molecule has 9 heteroatoms. The molecule has 0 aromatic heterocycles. The number of hydrogen-bond donors (Lipinski definition) is 0. The van der Waals surface area contributed by atoms with E-state index in [9.17, 15) is 28.0 Å². The van der Waals surface area contributed by atoms with Crippen LogP contribution in [0.1, 0.15) is 37.3 Å². The zero-order valence-corrected chi connectivity index (χ0v) is 20.4. The van der Waals surface area contributed by atoms with Gasteiger partial charge in [0.25, 0.3) is 0 Å². The van der Waals surface area contributed by atoms with E-state index < -0.39 is 34.8 Å². The number of fused-ring (bicyclic) bond motifs is 6. The van der Waals surface area contributed by atoms with Gasteiger partial charge in [-0.1, -0.05) is 24.3 Å². The Hall–Kier alpha value is -3.90. The highest BCUT2D eigenvalue weighted by Crippen LogP contribution is 2.62. The minimum atomic E-state index is -4.43. The van der Waals surface area contributed by atoms with Crippen LogP contribution in [0, 0.1) is 23.2 Å². The van der Waals surface area contributed by atoms with Crippen molar-refractivity contribution in [2.75, 3.05) is 11.5 Å². The molecule has 3 aromatic rings. The molecular formula is C29H23F3N2O4. The van der Waals surface area contributed by atoms with Crippen LogP contribution in [0.3, 0.4) is 0 Å². The molecule has 3 fully saturated rings. The zero-order chi connectivity index (χ0) is 26.9. The lowest BCUT2D eigenvalue weighted by Crippen LogP contribution is -2.43. The van der Waals surface area contributed by atoms with Gasteiger partial charge in [-0.3, -0.25) is 9.59 Å². The normalized spacial score (nSPS) is 28.1. The minimum absolute atomic E-state index is 0.117. The number of carbonyl (C=O) groups excluding carboxylic acids is 2. The Bertz CT molecular complexity index is 1510. The lowest BCUT2D eigenvalue weighted by Gasteiger charge is -2.31. The number of nitriles is 1. The van der Waals surface area contributed by atoms with Gasteiger partial charge >= 0.3 is 6.18 Å². The van der Waals surface area contributed by atoms with Crippen molar-refractivity contribution in [3.8, 4) is 11.8 Å². The summed E-state index contributed by atoms with van der Waals surface area (Å²) >= 11 is 0. The maximum Gasteiger partial charge on any atom is 0.416 e. The van der Waals surface area contributed by atoms with Gasteiger partial charge in [-0.2, -0.15) is 18.4 Å². The van der Waals surface area contributed by atoms with E-state index in [0.29, 0.717) is 41.3 Å². The molecule has 3 heterocycles. The van der Waals surface area contributed by atoms with Crippen LogP contribution >= 0.6 is 0 Å². The van der Waals surface area contributed by atoms with Gasteiger partial charge in [0.05, 0.1) is 52.5 Å². The second-order valence-electron chi connectivity index (χ2n) is 10.4. The van der Waals surface area contributed by atoms with Crippen molar-refractivity contribution in [1.82, 2.24) is 0 Å². The van der Waals surface area contributed by atoms with Crippen LogP contribution in [0.5, 0.6) is 5.75 Å². The Morgan fingerprint density at radius 2 is 1.68 bits per heavy atom. The molecule has 3 saturated heterocycles. The van der Waals surface area contributed by atoms with E-state index in [1.807, 2.05) is 6.92 Å². The molecule has 0 aliphatic carbocycles. The number of rotatable bonds is 5. The molecule has 4 atom stereocenters. The Morgan fingerprint density at radius 1 is 1.00 bits per heavy atom. The van der Waals surface area contributed by atoms with Crippen molar-refractivity contribution < 1.29 is 32.2 Å². The Labute approximate surface area is 216 Å². The van der Waals surface area contributed by atoms with Gasteiger partial charge in [-0.05, 0) is 56.2 Å². The molecule has 0 N–H and O–H groups in total. The summed E-state index contributed by atoms with van der Waals surface area (Å²) in [4.78, 5) is 28.9. The second kappa shape index (κ2) is 8.30. The zero-order valence-electron chi connectivity index (χ0n) is 20.4. The number of amides is 2. The summed E-state index contributed by atoms with van der Waals surface area (Å²) in [5.41, 5.74) is -1.57. The minimum Gasteiger partial charge on any atom is -0.493 e. The maximum absolute atomic E-state index is 13.9. The molecule has 0 spiro atoms. The summed E-state index contributed by atoms with van der Waals surface area (Å²) < 4.78 is 50.7. The quantitative estimate of drug-likeness (QED) is 0.408. The topological polar surface area (TPSA) is 79.6 Å². The molecule has 194 valence electrons. The van der Waals surface area contributed by atoms with Crippen molar-refractivity contribution in [2.45, 2.75) is 43.6 Å². The van der Waals surface area contributed by atoms with Crippen molar-refractivity contribution >= 4 is 28.3 Å². The van der Waals surface area contributed by atoms with Crippen molar-refractivity contribution in [2.24, 2.45) is 11.8 Å². The molecule has 0 saturated carbocycles. The number of ether oxygens (including phenoxy) is 2. The van der Waals surface area contributed by atoms with E-state index in [1.54, 1.807) is 36.4 Å². The van der Waals surface area contributed by atoms with Crippen molar-refractivity contribution in [3.63, 3.8) is 0 Å². The smallest absolute Gasteiger partial charge is 0.416 e. The number of halogens is 3. The maximum atomic E-state index is 13.9. The molecule has 38 heavy (non-hydrogen) atoms. The largest absolute Gasteiger partial charge is 0.493 e. The van der Waals surface area contributed by atoms with Gasteiger partial charge in [-0.25, -0.2) is 4.90 Å². The molecule has 6 rings (SSSR count). The average Bonchev–Trinajstić information content (AvgIpc) is 3.47. The molecule has 2 amide bonds. The number of anilines is 1. The molecule has 3 aliphatic rings. The van der Waals surface area contributed by atoms with Crippen LogP contribution < -0.4 is 9.64 Å². The average molecular weight is 521 g/mol. The van der Waals surface area contributed by atoms with Gasteiger partial charge in [0.1, 0.15) is 5.75 Å². The summed E-state index contributed by atoms with van der Waals surface area (Å²) in [6.07, 6.45) is -2.94. The first-order valence-electron chi connectivity index (χ1n) is 12.4. The van der Waals surface area contributed by atoms with Gasteiger partial charge < -0.3 is 9.47 Å². The van der Waals surface area contributed by atoms with E-state index in [0.717, 1.165) is 12.1 Å². The fraction of sp³-hybridized carbons (Fsp3) is 0.345. The number of nitrogens with zero attached hydrogens (tertiary/aromatic N) is 2. The summed E-state index contributed by atoms with van der Waals surface area (Å²) in [6.45, 7) is 1.98. The summed E-state index contributed by atoms with van der Waals surface area (Å²) in [6, 6.07) is 17.0. The number of carbonyl (C=O) groups is 2. The number of hydrogen-bond acceptors (Lipinski definition) is 5. The van der Waals surface area contributed by atoms with Gasteiger partial charge in [0, 0.05) is 17.2 Å². The highest BCUT2D eigenvalue weighted by molar-refractivity contribution is 6.26. The van der Waals surface area contributed by atoms with Crippen LogP contribution in [-0.4, -0.2) is 29.6 Å². The molecular weight excluding hydrogens is 497 g/mol. The van der Waals surface area contributed by atoms with Crippen LogP contribution in [0.4, 0.5) is 18.9 Å². The number of imide groups is 1. The van der Waals surface area contributed by atoms with Crippen molar-refractivity contribution in [1.29, 1.82) is 5.26 Å². The Morgan fingerprint density at radius 3 is 2.37 bits per heavy atom. The molecule has 2 bridgehead atoms. The third-order valence-corrected chi connectivity index (χ3v) is 8.25. The van der Waals surface area contributed by atoms with Crippen LogP contribution in [-0.2, 0) is 20.5 Å².